The third-order valence-corrected chi connectivity index (χ3v) is 3.55. The summed E-state index contributed by atoms with van der Waals surface area (Å²) in [6.07, 6.45) is 1.54. The molecular weight excluding hydrogens is 283 g/mol. The van der Waals surface area contributed by atoms with Crippen LogP contribution in [-0.2, 0) is 19.4 Å². The summed E-state index contributed by atoms with van der Waals surface area (Å²) in [4.78, 5) is 1.61. The van der Waals surface area contributed by atoms with Crippen molar-refractivity contribution >= 4 is 5.69 Å². The number of aryl methyl sites for hydroxylation is 1. The maximum Gasteiger partial charge on any atom is 0.235 e. The number of fused-ring (bicyclic) bond motifs is 1. The number of hydrogen-bond donors (Lipinski definition) is 0. The van der Waals surface area contributed by atoms with Crippen LogP contribution < -0.4 is 4.90 Å². The van der Waals surface area contributed by atoms with E-state index >= 15 is 0 Å². The van der Waals surface area contributed by atoms with Crippen molar-refractivity contribution in [2.24, 2.45) is 0 Å². The molecule has 0 amide bonds. The molecular formula is C14H14F3N3O. The second kappa shape index (κ2) is 5.38. The molecule has 3 rings (SSSR count). The molecule has 0 radical (unpaired) electrons. The van der Waals surface area contributed by atoms with E-state index in [0.717, 1.165) is 0 Å². The summed E-state index contributed by atoms with van der Waals surface area (Å²) in [5, 5.41) is 7.71. The minimum absolute atomic E-state index is 0.0778. The summed E-state index contributed by atoms with van der Waals surface area (Å²) in [5.74, 6) is -2.06. The number of halogens is 3. The lowest BCUT2D eigenvalue weighted by molar-refractivity contribution is 0.440. The first-order valence-corrected chi connectivity index (χ1v) is 6.82. The third kappa shape index (κ3) is 2.48. The van der Waals surface area contributed by atoms with Gasteiger partial charge in [0.2, 0.25) is 11.8 Å². The maximum absolute atomic E-state index is 14.0. The monoisotopic (exact) mass is 297 g/mol. The van der Waals surface area contributed by atoms with Gasteiger partial charge in [-0.25, -0.2) is 13.2 Å². The molecule has 7 heteroatoms. The van der Waals surface area contributed by atoms with Gasteiger partial charge in [0.25, 0.3) is 0 Å². The Bertz CT molecular complexity index is 672. The first-order chi connectivity index (χ1) is 10.1. The molecule has 0 saturated carbocycles. The number of benzene rings is 1. The molecule has 21 heavy (non-hydrogen) atoms. The van der Waals surface area contributed by atoms with Crippen molar-refractivity contribution in [1.82, 2.24) is 10.2 Å². The summed E-state index contributed by atoms with van der Waals surface area (Å²) in [6, 6.07) is 0.581. The van der Waals surface area contributed by atoms with Crippen molar-refractivity contribution in [3.63, 3.8) is 0 Å². The van der Waals surface area contributed by atoms with E-state index < -0.39 is 17.5 Å². The summed E-state index contributed by atoms with van der Waals surface area (Å²) in [7, 11) is 0. The lowest BCUT2D eigenvalue weighted by Gasteiger charge is -2.30. The molecule has 1 aliphatic rings. The van der Waals surface area contributed by atoms with Gasteiger partial charge in [0, 0.05) is 24.6 Å². The van der Waals surface area contributed by atoms with Gasteiger partial charge in [0.1, 0.15) is 5.82 Å². The van der Waals surface area contributed by atoms with Gasteiger partial charge in [-0.1, -0.05) is 6.92 Å². The molecule has 112 valence electrons. The zero-order chi connectivity index (χ0) is 15.0. The Morgan fingerprint density at radius 1 is 1.19 bits per heavy atom. The summed E-state index contributed by atoms with van der Waals surface area (Å²) in [6.45, 7) is 2.59. The second-order valence-corrected chi connectivity index (χ2v) is 4.95. The summed E-state index contributed by atoms with van der Waals surface area (Å²) >= 11 is 0. The highest BCUT2D eigenvalue weighted by molar-refractivity contribution is 5.57. The smallest absolute Gasteiger partial charge is 0.235 e. The number of nitrogens with zero attached hydrogens (tertiary/aromatic N) is 3. The number of rotatable bonds is 3. The highest BCUT2D eigenvalue weighted by atomic mass is 19.2. The van der Waals surface area contributed by atoms with Gasteiger partial charge in [-0.3, -0.25) is 0 Å². The molecule has 1 aliphatic heterocycles. The van der Waals surface area contributed by atoms with Gasteiger partial charge in [0.05, 0.1) is 12.2 Å². The van der Waals surface area contributed by atoms with Crippen LogP contribution in [0, 0.1) is 17.5 Å². The van der Waals surface area contributed by atoms with Gasteiger partial charge in [-0.15, -0.1) is 10.2 Å². The molecule has 0 spiro atoms. The lowest BCUT2D eigenvalue weighted by Crippen LogP contribution is -2.31. The molecule has 0 saturated heterocycles. The van der Waals surface area contributed by atoms with Crippen molar-refractivity contribution in [2.45, 2.75) is 32.7 Å². The zero-order valence-electron chi connectivity index (χ0n) is 11.5. The predicted molar refractivity (Wildman–Crippen MR) is 69.4 cm³/mol. The van der Waals surface area contributed by atoms with Crippen LogP contribution in [0.2, 0.25) is 0 Å². The average molecular weight is 297 g/mol. The largest absolute Gasteiger partial charge is 0.423 e. The Balaban J connectivity index is 1.95. The predicted octanol–water partition coefficient (Wildman–Crippen LogP) is 3.00. The van der Waals surface area contributed by atoms with Crippen molar-refractivity contribution in [1.29, 1.82) is 0 Å². The van der Waals surface area contributed by atoms with Crippen LogP contribution in [0.3, 0.4) is 0 Å². The zero-order valence-corrected chi connectivity index (χ0v) is 11.5. The van der Waals surface area contributed by atoms with E-state index in [1.807, 2.05) is 6.92 Å². The highest BCUT2D eigenvalue weighted by Gasteiger charge is 2.27. The number of hydrogen-bond acceptors (Lipinski definition) is 4. The van der Waals surface area contributed by atoms with Crippen molar-refractivity contribution in [3.8, 4) is 0 Å². The summed E-state index contributed by atoms with van der Waals surface area (Å²) in [5.41, 5.74) is 0.172. The average Bonchev–Trinajstić information content (AvgIpc) is 2.92. The van der Waals surface area contributed by atoms with Crippen LogP contribution in [0.1, 0.15) is 30.7 Å². The van der Waals surface area contributed by atoms with Crippen LogP contribution in [0.25, 0.3) is 0 Å². The normalized spacial score (nSPS) is 14.4. The van der Waals surface area contributed by atoms with Gasteiger partial charge < -0.3 is 9.32 Å². The van der Waals surface area contributed by atoms with E-state index in [2.05, 4.69) is 10.2 Å². The van der Waals surface area contributed by atoms with Gasteiger partial charge in [-0.05, 0) is 12.8 Å². The highest BCUT2D eigenvalue weighted by Crippen LogP contribution is 2.34. The second-order valence-electron chi connectivity index (χ2n) is 4.95. The molecule has 0 unspecified atom stereocenters. The SMILES string of the molecule is CCc1nnc(CN2CCCc3c(F)c(F)cc(F)c32)o1. The Kier molecular flexibility index (Phi) is 3.57. The minimum atomic E-state index is -1.15. The molecule has 0 bridgehead atoms. The van der Waals surface area contributed by atoms with Gasteiger partial charge in [-0.2, -0.15) is 0 Å². The van der Waals surface area contributed by atoms with E-state index in [1.54, 1.807) is 4.90 Å². The maximum atomic E-state index is 14.0. The van der Waals surface area contributed by atoms with Crippen LogP contribution >= 0.6 is 0 Å². The Labute approximate surface area is 119 Å². The molecule has 1 aromatic carbocycles. The fourth-order valence-electron chi connectivity index (χ4n) is 2.58. The fourth-order valence-corrected chi connectivity index (χ4v) is 2.58. The Morgan fingerprint density at radius 2 is 1.95 bits per heavy atom. The number of anilines is 1. The van der Waals surface area contributed by atoms with E-state index in [-0.39, 0.29) is 17.8 Å². The molecule has 0 fully saturated rings. The van der Waals surface area contributed by atoms with Crippen molar-refractivity contribution in [2.75, 3.05) is 11.4 Å². The van der Waals surface area contributed by atoms with Gasteiger partial charge >= 0.3 is 0 Å². The Hall–Kier alpha value is -2.05. The first-order valence-electron chi connectivity index (χ1n) is 6.82. The quantitative estimate of drug-likeness (QED) is 0.817. The topological polar surface area (TPSA) is 42.2 Å². The van der Waals surface area contributed by atoms with Crippen LogP contribution in [0.15, 0.2) is 10.5 Å². The van der Waals surface area contributed by atoms with E-state index in [0.29, 0.717) is 43.7 Å². The fraction of sp³-hybridized carbons (Fsp3) is 0.429. The minimum Gasteiger partial charge on any atom is -0.423 e. The van der Waals surface area contributed by atoms with E-state index in [1.165, 1.54) is 0 Å². The molecule has 1 aromatic heterocycles. The molecule has 0 aliphatic carbocycles. The van der Waals surface area contributed by atoms with Crippen LogP contribution in [0.4, 0.5) is 18.9 Å². The molecule has 0 N–H and O–H groups in total. The molecule has 0 atom stereocenters. The van der Waals surface area contributed by atoms with Gasteiger partial charge in [0.15, 0.2) is 11.6 Å². The standard InChI is InChI=1S/C14H14F3N3O/c1-2-11-18-19-12(21-11)7-20-5-3-4-8-13(17)9(15)6-10(16)14(8)20/h6H,2-5,7H2,1H3. The molecule has 4 nitrogen and oxygen atoms in total. The first kappa shape index (κ1) is 13.9. The molecule has 2 heterocycles. The Morgan fingerprint density at radius 3 is 2.67 bits per heavy atom. The number of aromatic nitrogens is 2. The summed E-state index contributed by atoms with van der Waals surface area (Å²) < 4.78 is 46.5. The third-order valence-electron chi connectivity index (χ3n) is 3.55. The van der Waals surface area contributed by atoms with E-state index in [4.69, 9.17) is 4.42 Å². The van der Waals surface area contributed by atoms with Crippen LogP contribution in [0.5, 0.6) is 0 Å². The van der Waals surface area contributed by atoms with Crippen molar-refractivity contribution < 1.29 is 17.6 Å². The van der Waals surface area contributed by atoms with Crippen molar-refractivity contribution in [3.05, 3.63) is 40.9 Å². The van der Waals surface area contributed by atoms with Crippen LogP contribution in [-0.4, -0.2) is 16.7 Å². The lowest BCUT2D eigenvalue weighted by atomic mass is 10.0. The van der Waals surface area contributed by atoms with E-state index in [9.17, 15) is 13.2 Å². The molecule has 2 aromatic rings.